The standard InChI is InChI=1S/C17H20BF3N4O2/c1-3-11(4-2)23-15-13(17(19,20)21)8-22-16(25-15)24-12-5-6-14-10(7-12)9-27-18(14)26/h5-8,11,26H,3-4,9H2,1-2H3,(H2,22,23,24,25). The van der Waals surface area contributed by atoms with Crippen molar-refractivity contribution in [3.05, 3.63) is 35.5 Å². The summed E-state index contributed by atoms with van der Waals surface area (Å²) >= 11 is 0. The molecule has 0 bridgehead atoms. The molecule has 1 aliphatic rings. The number of nitrogens with zero attached hydrogens (tertiary/aromatic N) is 2. The second-order valence-corrected chi connectivity index (χ2v) is 6.31. The zero-order chi connectivity index (χ0) is 19.6. The Kier molecular flexibility index (Phi) is 5.57. The lowest BCUT2D eigenvalue weighted by Crippen LogP contribution is -2.27. The van der Waals surface area contributed by atoms with E-state index in [-0.39, 0.29) is 24.4 Å². The van der Waals surface area contributed by atoms with Crippen molar-refractivity contribution >= 4 is 30.0 Å². The van der Waals surface area contributed by atoms with Crippen LogP contribution in [0.2, 0.25) is 0 Å². The molecule has 6 nitrogen and oxygen atoms in total. The molecule has 0 saturated carbocycles. The summed E-state index contributed by atoms with van der Waals surface area (Å²) in [5, 5.41) is 15.4. The average Bonchev–Trinajstić information content (AvgIpc) is 2.99. The van der Waals surface area contributed by atoms with E-state index in [1.165, 1.54) is 0 Å². The predicted octanol–water partition coefficient (Wildman–Crippen LogP) is 3.06. The van der Waals surface area contributed by atoms with Crippen molar-refractivity contribution in [3.8, 4) is 0 Å². The molecule has 0 fully saturated rings. The minimum absolute atomic E-state index is 0.0517. The summed E-state index contributed by atoms with van der Waals surface area (Å²) in [5.74, 6) is -0.190. The van der Waals surface area contributed by atoms with Gasteiger partial charge in [-0.15, -0.1) is 0 Å². The van der Waals surface area contributed by atoms with Gasteiger partial charge in [-0.2, -0.15) is 18.2 Å². The molecule has 1 aliphatic heterocycles. The molecule has 144 valence electrons. The lowest BCUT2D eigenvalue weighted by Gasteiger charge is -2.19. The summed E-state index contributed by atoms with van der Waals surface area (Å²) in [6.45, 7) is 4.06. The fraction of sp³-hybridized carbons (Fsp3) is 0.412. The zero-order valence-corrected chi connectivity index (χ0v) is 15.0. The Morgan fingerprint density at radius 2 is 2.04 bits per heavy atom. The first kappa shape index (κ1) is 19.4. The number of fused-ring (bicyclic) bond motifs is 1. The van der Waals surface area contributed by atoms with Gasteiger partial charge in [0.05, 0.1) is 6.61 Å². The largest absolute Gasteiger partial charge is 0.491 e. The van der Waals surface area contributed by atoms with E-state index in [1.54, 1.807) is 18.2 Å². The maximum absolute atomic E-state index is 13.3. The summed E-state index contributed by atoms with van der Waals surface area (Å²) in [6.07, 6.45) is -2.42. The first-order valence-electron chi connectivity index (χ1n) is 8.72. The minimum atomic E-state index is -4.55. The molecule has 27 heavy (non-hydrogen) atoms. The van der Waals surface area contributed by atoms with Gasteiger partial charge in [0.25, 0.3) is 0 Å². The van der Waals surface area contributed by atoms with Gasteiger partial charge in [-0.25, -0.2) is 4.98 Å². The molecule has 0 amide bonds. The molecule has 1 aromatic carbocycles. The van der Waals surface area contributed by atoms with Gasteiger partial charge in [0.1, 0.15) is 11.4 Å². The Morgan fingerprint density at radius 3 is 2.70 bits per heavy atom. The molecule has 0 saturated heterocycles. The fourth-order valence-corrected chi connectivity index (χ4v) is 2.88. The molecule has 0 spiro atoms. The van der Waals surface area contributed by atoms with Crippen molar-refractivity contribution in [2.24, 2.45) is 0 Å². The Morgan fingerprint density at radius 1 is 1.30 bits per heavy atom. The Balaban J connectivity index is 1.88. The number of hydrogen-bond acceptors (Lipinski definition) is 6. The quantitative estimate of drug-likeness (QED) is 0.669. The zero-order valence-electron chi connectivity index (χ0n) is 15.0. The highest BCUT2D eigenvalue weighted by atomic mass is 19.4. The maximum atomic E-state index is 13.3. The van der Waals surface area contributed by atoms with E-state index in [1.807, 2.05) is 13.8 Å². The molecule has 0 aliphatic carbocycles. The first-order chi connectivity index (χ1) is 12.8. The van der Waals surface area contributed by atoms with Crippen LogP contribution in [0.25, 0.3) is 0 Å². The topological polar surface area (TPSA) is 79.3 Å². The summed E-state index contributed by atoms with van der Waals surface area (Å²) in [4.78, 5) is 7.85. The van der Waals surface area contributed by atoms with Crippen molar-refractivity contribution in [2.75, 3.05) is 10.6 Å². The number of hydrogen-bond donors (Lipinski definition) is 3. The van der Waals surface area contributed by atoms with Gasteiger partial charge in [-0.1, -0.05) is 19.9 Å². The molecular formula is C17H20BF3N4O2. The summed E-state index contributed by atoms with van der Waals surface area (Å²) in [6, 6.07) is 5.02. The van der Waals surface area contributed by atoms with Crippen molar-refractivity contribution in [1.82, 2.24) is 9.97 Å². The van der Waals surface area contributed by atoms with Crippen LogP contribution in [0.5, 0.6) is 0 Å². The Labute approximate surface area is 155 Å². The highest BCUT2D eigenvalue weighted by Gasteiger charge is 2.35. The van der Waals surface area contributed by atoms with Crippen LogP contribution in [0, 0.1) is 0 Å². The highest BCUT2D eigenvalue weighted by Crippen LogP contribution is 2.34. The third kappa shape index (κ3) is 4.33. The van der Waals surface area contributed by atoms with E-state index in [2.05, 4.69) is 20.6 Å². The van der Waals surface area contributed by atoms with Gasteiger partial charge >= 0.3 is 13.3 Å². The molecule has 0 unspecified atom stereocenters. The molecule has 2 aromatic rings. The van der Waals surface area contributed by atoms with E-state index in [0.29, 0.717) is 24.0 Å². The van der Waals surface area contributed by atoms with Crippen LogP contribution in [0.1, 0.15) is 37.8 Å². The second-order valence-electron chi connectivity index (χ2n) is 6.31. The maximum Gasteiger partial charge on any atom is 0.491 e. The minimum Gasteiger partial charge on any atom is -0.423 e. The summed E-state index contributed by atoms with van der Waals surface area (Å²) in [7, 11) is -0.952. The second kappa shape index (κ2) is 7.73. The van der Waals surface area contributed by atoms with Gasteiger partial charge in [0.15, 0.2) is 0 Å². The third-order valence-corrected chi connectivity index (χ3v) is 4.48. The van der Waals surface area contributed by atoms with E-state index >= 15 is 0 Å². The number of benzene rings is 1. The fourth-order valence-electron chi connectivity index (χ4n) is 2.88. The van der Waals surface area contributed by atoms with Crippen LogP contribution < -0.4 is 16.1 Å². The molecular weight excluding hydrogens is 360 g/mol. The normalized spacial score (nSPS) is 13.8. The van der Waals surface area contributed by atoms with Crippen molar-refractivity contribution < 1.29 is 22.8 Å². The molecule has 3 rings (SSSR count). The Bertz CT molecular complexity index is 815. The smallest absolute Gasteiger partial charge is 0.423 e. The third-order valence-electron chi connectivity index (χ3n) is 4.48. The number of anilines is 3. The van der Waals surface area contributed by atoms with Gasteiger partial charge in [0.2, 0.25) is 5.95 Å². The van der Waals surface area contributed by atoms with E-state index in [9.17, 15) is 18.2 Å². The summed E-state index contributed by atoms with van der Waals surface area (Å²) < 4.78 is 45.0. The lowest BCUT2D eigenvalue weighted by molar-refractivity contribution is -0.137. The predicted molar refractivity (Wildman–Crippen MR) is 97.1 cm³/mol. The van der Waals surface area contributed by atoms with Crippen LogP contribution in [0.15, 0.2) is 24.4 Å². The van der Waals surface area contributed by atoms with Crippen molar-refractivity contribution in [3.63, 3.8) is 0 Å². The number of rotatable bonds is 6. The lowest BCUT2D eigenvalue weighted by atomic mass is 9.79. The highest BCUT2D eigenvalue weighted by molar-refractivity contribution is 6.61. The van der Waals surface area contributed by atoms with Crippen LogP contribution >= 0.6 is 0 Å². The van der Waals surface area contributed by atoms with Crippen molar-refractivity contribution in [1.29, 1.82) is 0 Å². The molecule has 3 N–H and O–H groups in total. The SMILES string of the molecule is CCC(CC)Nc1nc(Nc2ccc3c(c2)COB3O)ncc1C(F)(F)F. The van der Waals surface area contributed by atoms with Gasteiger partial charge in [0, 0.05) is 17.9 Å². The molecule has 1 aromatic heterocycles. The molecule has 0 atom stereocenters. The van der Waals surface area contributed by atoms with Crippen LogP contribution in [0.4, 0.5) is 30.6 Å². The average molecular weight is 380 g/mol. The van der Waals surface area contributed by atoms with Gasteiger partial charge in [-0.3, -0.25) is 0 Å². The number of nitrogens with one attached hydrogen (secondary N) is 2. The van der Waals surface area contributed by atoms with E-state index in [0.717, 1.165) is 11.8 Å². The Hall–Kier alpha value is -2.33. The number of halogens is 3. The van der Waals surface area contributed by atoms with Crippen molar-refractivity contribution in [2.45, 2.75) is 45.5 Å². The number of aromatic nitrogens is 2. The molecule has 2 heterocycles. The number of alkyl halides is 3. The molecule has 0 radical (unpaired) electrons. The van der Waals surface area contributed by atoms with Crippen LogP contribution in [0.3, 0.4) is 0 Å². The molecule has 10 heteroatoms. The summed E-state index contributed by atoms with van der Waals surface area (Å²) in [5.41, 5.74) is 1.17. The first-order valence-corrected chi connectivity index (χ1v) is 8.72. The van der Waals surface area contributed by atoms with Gasteiger partial charge in [-0.05, 0) is 36.0 Å². The van der Waals surface area contributed by atoms with E-state index in [4.69, 9.17) is 4.65 Å². The van der Waals surface area contributed by atoms with Crippen LogP contribution in [-0.4, -0.2) is 28.2 Å². The van der Waals surface area contributed by atoms with Crippen LogP contribution in [-0.2, 0) is 17.4 Å². The van der Waals surface area contributed by atoms with E-state index < -0.39 is 18.9 Å². The monoisotopic (exact) mass is 380 g/mol. The van der Waals surface area contributed by atoms with Gasteiger partial charge < -0.3 is 20.3 Å².